The van der Waals surface area contributed by atoms with E-state index in [9.17, 15) is 12.8 Å². The van der Waals surface area contributed by atoms with Crippen molar-refractivity contribution in [3.05, 3.63) is 35.8 Å². The summed E-state index contributed by atoms with van der Waals surface area (Å²) >= 11 is 0. The molecule has 0 fully saturated rings. The van der Waals surface area contributed by atoms with Gasteiger partial charge in [-0.25, -0.2) is 12.8 Å². The van der Waals surface area contributed by atoms with Crippen LogP contribution >= 0.6 is 0 Å². The quantitative estimate of drug-likeness (QED) is 0.824. The summed E-state index contributed by atoms with van der Waals surface area (Å²) < 4.78 is 44.0. The van der Waals surface area contributed by atoms with Crippen molar-refractivity contribution < 1.29 is 17.3 Å². The molecule has 1 heterocycles. The molecule has 1 aromatic heterocycles. The number of hydrogen-bond acceptors (Lipinski definition) is 5. The van der Waals surface area contributed by atoms with Gasteiger partial charge in [-0.15, -0.1) is 0 Å². The van der Waals surface area contributed by atoms with E-state index in [0.29, 0.717) is 5.76 Å². The van der Waals surface area contributed by atoms with Crippen molar-refractivity contribution in [1.29, 1.82) is 0 Å². The lowest BCUT2D eigenvalue weighted by molar-refractivity contribution is 0.400. The van der Waals surface area contributed by atoms with E-state index in [4.69, 9.17) is 10.3 Å². The van der Waals surface area contributed by atoms with Crippen LogP contribution in [0.3, 0.4) is 0 Å². The number of anilines is 2. The third kappa shape index (κ3) is 2.28. The molecule has 0 spiro atoms. The van der Waals surface area contributed by atoms with Crippen LogP contribution in [0.25, 0.3) is 0 Å². The monoisotopic (exact) mass is 271 g/mol. The molecule has 2 rings (SSSR count). The largest absolute Gasteiger partial charge is 0.395 e. The summed E-state index contributed by atoms with van der Waals surface area (Å²) in [7, 11) is -3.99. The maximum Gasteiger partial charge on any atom is 0.265 e. The van der Waals surface area contributed by atoms with Gasteiger partial charge in [0.1, 0.15) is 16.5 Å². The Balaban J connectivity index is 2.40. The molecule has 0 aliphatic carbocycles. The van der Waals surface area contributed by atoms with Gasteiger partial charge in [0.25, 0.3) is 10.0 Å². The Hall–Kier alpha value is -2.09. The van der Waals surface area contributed by atoms with Crippen LogP contribution in [0.2, 0.25) is 0 Å². The summed E-state index contributed by atoms with van der Waals surface area (Å²) in [6.07, 6.45) is 0. The van der Waals surface area contributed by atoms with Crippen molar-refractivity contribution in [2.45, 2.75) is 11.8 Å². The van der Waals surface area contributed by atoms with E-state index in [0.717, 1.165) is 6.07 Å². The zero-order chi connectivity index (χ0) is 13.3. The van der Waals surface area contributed by atoms with E-state index < -0.39 is 21.5 Å². The van der Waals surface area contributed by atoms with Crippen molar-refractivity contribution in [3.63, 3.8) is 0 Å². The molecule has 0 atom stereocenters. The fourth-order valence-electron chi connectivity index (χ4n) is 1.36. The molecule has 8 heteroatoms. The minimum atomic E-state index is -3.99. The fourth-order valence-corrected chi connectivity index (χ4v) is 2.48. The van der Waals surface area contributed by atoms with Crippen molar-refractivity contribution in [2.24, 2.45) is 0 Å². The first-order valence-corrected chi connectivity index (χ1v) is 6.38. The number of nitrogens with one attached hydrogen (secondary N) is 1. The zero-order valence-corrected chi connectivity index (χ0v) is 10.2. The second kappa shape index (κ2) is 4.30. The Morgan fingerprint density at radius 2 is 2.17 bits per heavy atom. The number of para-hydroxylation sites is 1. The molecule has 2 aromatic rings. The second-order valence-corrected chi connectivity index (χ2v) is 5.23. The highest BCUT2D eigenvalue weighted by Gasteiger charge is 2.20. The molecule has 1 aromatic carbocycles. The maximum atomic E-state index is 13.2. The smallest absolute Gasteiger partial charge is 0.265 e. The first-order chi connectivity index (χ1) is 8.40. The molecule has 0 aliphatic rings. The molecule has 6 nitrogen and oxygen atoms in total. The summed E-state index contributed by atoms with van der Waals surface area (Å²) in [4.78, 5) is -0.344. The third-order valence-electron chi connectivity index (χ3n) is 2.17. The van der Waals surface area contributed by atoms with Crippen molar-refractivity contribution in [1.82, 2.24) is 5.16 Å². The minimum absolute atomic E-state index is 0.0103. The number of rotatable bonds is 3. The highest BCUT2D eigenvalue weighted by atomic mass is 32.2. The summed E-state index contributed by atoms with van der Waals surface area (Å²) in [5.74, 6) is -0.342. The maximum absolute atomic E-state index is 13.2. The molecule has 0 amide bonds. The van der Waals surface area contributed by atoms with Gasteiger partial charge in [0.05, 0.1) is 5.69 Å². The first-order valence-electron chi connectivity index (χ1n) is 4.90. The number of halogens is 1. The van der Waals surface area contributed by atoms with Crippen molar-refractivity contribution in [3.8, 4) is 0 Å². The Bertz CT molecular complexity index is 681. The van der Waals surface area contributed by atoms with E-state index in [-0.39, 0.29) is 10.7 Å². The SMILES string of the molecule is Cc1cc(NS(=O)(=O)c2cccc(F)c2N)no1. The Morgan fingerprint density at radius 3 is 2.78 bits per heavy atom. The molecule has 0 saturated heterocycles. The average Bonchev–Trinajstić information content (AvgIpc) is 2.67. The van der Waals surface area contributed by atoms with Gasteiger partial charge in [-0.2, -0.15) is 0 Å². The highest BCUT2D eigenvalue weighted by Crippen LogP contribution is 2.23. The van der Waals surface area contributed by atoms with Crippen molar-refractivity contribution >= 4 is 21.5 Å². The Labute approximate surface area is 103 Å². The number of nitrogens with two attached hydrogens (primary N) is 1. The molecular weight excluding hydrogens is 261 g/mol. The molecule has 0 radical (unpaired) electrons. The summed E-state index contributed by atoms with van der Waals surface area (Å²) in [6.45, 7) is 1.61. The summed E-state index contributed by atoms with van der Waals surface area (Å²) in [6, 6.07) is 4.93. The summed E-state index contributed by atoms with van der Waals surface area (Å²) in [5, 5.41) is 3.48. The molecule has 18 heavy (non-hydrogen) atoms. The number of aromatic nitrogens is 1. The van der Waals surface area contributed by atoms with Crippen LogP contribution in [0.4, 0.5) is 15.9 Å². The molecule has 0 aliphatic heterocycles. The number of hydrogen-bond donors (Lipinski definition) is 2. The second-order valence-electron chi connectivity index (χ2n) is 3.58. The number of sulfonamides is 1. The average molecular weight is 271 g/mol. The fraction of sp³-hybridized carbons (Fsp3) is 0.100. The number of nitrogen functional groups attached to an aromatic ring is 1. The molecule has 0 saturated carbocycles. The van der Waals surface area contributed by atoms with Gasteiger partial charge in [-0.3, -0.25) is 4.72 Å². The topological polar surface area (TPSA) is 98.2 Å². The van der Waals surface area contributed by atoms with Crippen LogP contribution in [0.1, 0.15) is 5.76 Å². The molecular formula is C10H10FN3O3S. The Morgan fingerprint density at radius 1 is 1.44 bits per heavy atom. The minimum Gasteiger partial charge on any atom is -0.395 e. The lowest BCUT2D eigenvalue weighted by atomic mass is 10.3. The van der Waals surface area contributed by atoms with E-state index in [2.05, 4.69) is 9.88 Å². The van der Waals surface area contributed by atoms with Crippen LogP contribution in [0.15, 0.2) is 33.7 Å². The normalized spacial score (nSPS) is 11.4. The molecule has 0 unspecified atom stereocenters. The van der Waals surface area contributed by atoms with Gasteiger partial charge in [0.15, 0.2) is 5.82 Å². The predicted octanol–water partition coefficient (Wildman–Crippen LogP) is 1.51. The molecule has 0 bridgehead atoms. The van der Waals surface area contributed by atoms with Crippen LogP contribution < -0.4 is 10.5 Å². The van der Waals surface area contributed by atoms with Gasteiger partial charge < -0.3 is 10.3 Å². The third-order valence-corrected chi connectivity index (χ3v) is 3.58. The van der Waals surface area contributed by atoms with Gasteiger partial charge in [-0.1, -0.05) is 11.2 Å². The number of benzene rings is 1. The van der Waals surface area contributed by atoms with E-state index in [1.807, 2.05) is 0 Å². The lowest BCUT2D eigenvalue weighted by Crippen LogP contribution is -2.15. The molecule has 96 valence electrons. The standard InChI is InChI=1S/C10H10FN3O3S/c1-6-5-9(13-17-6)14-18(15,16)8-4-2-3-7(11)10(8)12/h2-5H,12H2,1H3,(H,13,14). The van der Waals surface area contributed by atoms with Crippen LogP contribution in [-0.2, 0) is 10.0 Å². The van der Waals surface area contributed by atoms with Crippen LogP contribution in [0.5, 0.6) is 0 Å². The van der Waals surface area contributed by atoms with E-state index in [1.165, 1.54) is 18.2 Å². The lowest BCUT2D eigenvalue weighted by Gasteiger charge is -2.07. The Kier molecular flexibility index (Phi) is 2.95. The van der Waals surface area contributed by atoms with Gasteiger partial charge in [-0.05, 0) is 19.1 Å². The van der Waals surface area contributed by atoms with E-state index in [1.54, 1.807) is 6.92 Å². The number of aryl methyl sites for hydroxylation is 1. The van der Waals surface area contributed by atoms with Gasteiger partial charge in [0, 0.05) is 6.07 Å². The zero-order valence-electron chi connectivity index (χ0n) is 9.34. The van der Waals surface area contributed by atoms with Crippen LogP contribution in [0, 0.1) is 12.7 Å². The van der Waals surface area contributed by atoms with E-state index >= 15 is 0 Å². The summed E-state index contributed by atoms with van der Waals surface area (Å²) in [5.41, 5.74) is 4.95. The predicted molar refractivity (Wildman–Crippen MR) is 62.9 cm³/mol. The van der Waals surface area contributed by atoms with Gasteiger partial charge >= 0.3 is 0 Å². The highest BCUT2D eigenvalue weighted by molar-refractivity contribution is 7.92. The number of nitrogens with zero attached hydrogens (tertiary/aromatic N) is 1. The van der Waals surface area contributed by atoms with Crippen LogP contribution in [-0.4, -0.2) is 13.6 Å². The first kappa shape index (κ1) is 12.4. The molecule has 3 N–H and O–H groups in total. The van der Waals surface area contributed by atoms with Crippen molar-refractivity contribution in [2.75, 3.05) is 10.5 Å². The van der Waals surface area contributed by atoms with Gasteiger partial charge in [0.2, 0.25) is 0 Å².